The Morgan fingerprint density at radius 3 is 2.40 bits per heavy atom. The maximum Gasteiger partial charge on any atom is 0.234 e. The van der Waals surface area contributed by atoms with Crippen LogP contribution in [0.2, 0.25) is 0 Å². The molecule has 0 unspecified atom stereocenters. The number of hydrogen-bond donors (Lipinski definition) is 1. The molecule has 0 aliphatic carbocycles. The van der Waals surface area contributed by atoms with Crippen LogP contribution in [0.1, 0.15) is 34.1 Å². The number of amides is 1. The molecular weight excluding hydrogens is 190 g/mol. The van der Waals surface area contributed by atoms with Crippen molar-refractivity contribution >= 4 is 5.91 Å². The first-order valence-corrected chi connectivity index (χ1v) is 5.37. The Morgan fingerprint density at radius 2 is 2.00 bits per heavy atom. The van der Waals surface area contributed by atoms with Gasteiger partial charge in [-0.1, -0.05) is 0 Å². The lowest BCUT2D eigenvalue weighted by Crippen LogP contribution is -2.43. The molecule has 0 rings (SSSR count). The second-order valence-electron chi connectivity index (χ2n) is 4.19. The van der Waals surface area contributed by atoms with Crippen LogP contribution in [0.15, 0.2) is 0 Å². The smallest absolute Gasteiger partial charge is 0.234 e. The fourth-order valence-corrected chi connectivity index (χ4v) is 1.27. The summed E-state index contributed by atoms with van der Waals surface area (Å²) in [5, 5.41) is 11.3. The number of nitrogens with zero attached hydrogens (tertiary/aromatic N) is 2. The minimum atomic E-state index is 0.0247. The molecule has 0 aliphatic rings. The maximum absolute atomic E-state index is 11.5. The van der Waals surface area contributed by atoms with Gasteiger partial charge in [0.25, 0.3) is 0 Å². The van der Waals surface area contributed by atoms with E-state index in [4.69, 9.17) is 5.26 Å². The largest absolute Gasteiger partial charge is 0.353 e. The zero-order chi connectivity index (χ0) is 11.8. The monoisotopic (exact) mass is 211 g/mol. The number of carbonyl (C=O) groups is 1. The van der Waals surface area contributed by atoms with Crippen LogP contribution in [0.25, 0.3) is 0 Å². The van der Waals surface area contributed by atoms with E-state index in [2.05, 4.69) is 11.4 Å². The molecular formula is C11H21N3O. The van der Waals surface area contributed by atoms with Gasteiger partial charge in [-0.3, -0.25) is 9.69 Å². The van der Waals surface area contributed by atoms with E-state index in [1.807, 2.05) is 32.6 Å². The molecule has 0 radical (unpaired) electrons. The Bertz CT molecular complexity index is 230. The van der Waals surface area contributed by atoms with Gasteiger partial charge in [-0.2, -0.15) is 5.26 Å². The third-order valence-corrected chi connectivity index (χ3v) is 2.04. The van der Waals surface area contributed by atoms with Crippen molar-refractivity contribution in [1.82, 2.24) is 10.2 Å². The second-order valence-corrected chi connectivity index (χ2v) is 4.19. The minimum Gasteiger partial charge on any atom is -0.353 e. The summed E-state index contributed by atoms with van der Waals surface area (Å²) in [6, 6.07) is 2.55. The topological polar surface area (TPSA) is 56.1 Å². The molecule has 0 aliphatic heterocycles. The van der Waals surface area contributed by atoms with Gasteiger partial charge in [0.2, 0.25) is 5.91 Å². The molecule has 4 nitrogen and oxygen atoms in total. The van der Waals surface area contributed by atoms with Crippen LogP contribution < -0.4 is 5.32 Å². The summed E-state index contributed by atoms with van der Waals surface area (Å²) in [5.41, 5.74) is 0. The van der Waals surface area contributed by atoms with E-state index in [0.29, 0.717) is 19.5 Å². The van der Waals surface area contributed by atoms with Crippen molar-refractivity contribution in [3.8, 4) is 6.07 Å². The summed E-state index contributed by atoms with van der Waals surface area (Å²) in [6.07, 6.45) is 0.465. The molecule has 1 N–H and O–H groups in total. The van der Waals surface area contributed by atoms with Crippen LogP contribution in [0.5, 0.6) is 0 Å². The number of hydrogen-bond acceptors (Lipinski definition) is 3. The molecule has 0 bridgehead atoms. The molecule has 86 valence electrons. The van der Waals surface area contributed by atoms with Gasteiger partial charge in [-0.05, 0) is 27.7 Å². The number of carbonyl (C=O) groups excluding carboxylic acids is 1. The average molecular weight is 211 g/mol. The van der Waals surface area contributed by atoms with Crippen molar-refractivity contribution in [2.75, 3.05) is 13.1 Å². The molecule has 0 aromatic rings. The summed E-state index contributed by atoms with van der Waals surface area (Å²) in [5.74, 6) is 0.0247. The van der Waals surface area contributed by atoms with Crippen LogP contribution >= 0.6 is 0 Å². The van der Waals surface area contributed by atoms with Gasteiger partial charge in [0, 0.05) is 25.0 Å². The highest BCUT2D eigenvalue weighted by atomic mass is 16.2. The molecule has 0 aromatic carbocycles. The molecule has 0 fully saturated rings. The molecule has 0 atom stereocenters. The molecule has 4 heteroatoms. The van der Waals surface area contributed by atoms with Gasteiger partial charge < -0.3 is 5.32 Å². The van der Waals surface area contributed by atoms with Crippen LogP contribution in [0.4, 0.5) is 0 Å². The standard InChI is InChI=1S/C11H21N3O/c1-9(2)13-11(15)8-14(10(3)4)7-5-6-12/h9-10H,5,7-8H2,1-4H3,(H,13,15). The summed E-state index contributed by atoms with van der Waals surface area (Å²) in [7, 11) is 0. The Labute approximate surface area is 92.3 Å². The van der Waals surface area contributed by atoms with Gasteiger partial charge in [-0.15, -0.1) is 0 Å². The highest BCUT2D eigenvalue weighted by molar-refractivity contribution is 5.78. The summed E-state index contributed by atoms with van der Waals surface area (Å²) in [6.45, 7) is 8.96. The van der Waals surface area contributed by atoms with Crippen LogP contribution in [0.3, 0.4) is 0 Å². The van der Waals surface area contributed by atoms with Crippen molar-refractivity contribution < 1.29 is 4.79 Å². The summed E-state index contributed by atoms with van der Waals surface area (Å²) >= 11 is 0. The molecule has 15 heavy (non-hydrogen) atoms. The molecule has 0 spiro atoms. The fraction of sp³-hybridized carbons (Fsp3) is 0.818. The number of rotatable bonds is 6. The minimum absolute atomic E-state index is 0.0247. The third-order valence-electron chi connectivity index (χ3n) is 2.04. The molecule has 0 saturated carbocycles. The summed E-state index contributed by atoms with van der Waals surface area (Å²) < 4.78 is 0. The number of nitrogens with one attached hydrogen (secondary N) is 1. The van der Waals surface area contributed by atoms with E-state index in [1.54, 1.807) is 0 Å². The molecule has 0 aromatic heterocycles. The Morgan fingerprint density at radius 1 is 1.40 bits per heavy atom. The van der Waals surface area contributed by atoms with Crippen LogP contribution in [-0.2, 0) is 4.79 Å². The van der Waals surface area contributed by atoms with Crippen LogP contribution in [-0.4, -0.2) is 36.0 Å². The second kappa shape index (κ2) is 7.24. The van der Waals surface area contributed by atoms with Crippen molar-refractivity contribution in [3.05, 3.63) is 0 Å². The van der Waals surface area contributed by atoms with E-state index in [1.165, 1.54) is 0 Å². The summed E-state index contributed by atoms with van der Waals surface area (Å²) in [4.78, 5) is 13.5. The van der Waals surface area contributed by atoms with Crippen molar-refractivity contribution in [1.29, 1.82) is 5.26 Å². The van der Waals surface area contributed by atoms with Gasteiger partial charge in [0.15, 0.2) is 0 Å². The van der Waals surface area contributed by atoms with E-state index in [0.717, 1.165) is 0 Å². The lowest BCUT2D eigenvalue weighted by atomic mass is 10.2. The zero-order valence-electron chi connectivity index (χ0n) is 10.1. The predicted octanol–water partition coefficient (Wildman–Crippen LogP) is 1.14. The Balaban J connectivity index is 4.05. The lowest BCUT2D eigenvalue weighted by molar-refractivity contribution is -0.123. The number of nitriles is 1. The fourth-order valence-electron chi connectivity index (χ4n) is 1.27. The van der Waals surface area contributed by atoms with Crippen molar-refractivity contribution in [3.63, 3.8) is 0 Å². The molecule has 0 heterocycles. The normalized spacial score (nSPS) is 10.8. The maximum atomic E-state index is 11.5. The lowest BCUT2D eigenvalue weighted by Gasteiger charge is -2.25. The third kappa shape index (κ3) is 6.92. The van der Waals surface area contributed by atoms with Crippen molar-refractivity contribution in [2.24, 2.45) is 0 Å². The first-order valence-electron chi connectivity index (χ1n) is 5.37. The van der Waals surface area contributed by atoms with Gasteiger partial charge in [0.05, 0.1) is 12.6 Å². The molecule has 1 amide bonds. The average Bonchev–Trinajstić information content (AvgIpc) is 2.10. The van der Waals surface area contributed by atoms with Gasteiger partial charge in [-0.25, -0.2) is 0 Å². The first-order chi connectivity index (χ1) is 6.97. The zero-order valence-corrected chi connectivity index (χ0v) is 10.1. The SMILES string of the molecule is CC(C)NC(=O)CN(CCC#N)C(C)C. The Kier molecular flexibility index (Phi) is 6.72. The molecule has 0 saturated heterocycles. The van der Waals surface area contributed by atoms with Crippen molar-refractivity contribution in [2.45, 2.75) is 46.2 Å². The van der Waals surface area contributed by atoms with E-state index < -0.39 is 0 Å². The van der Waals surface area contributed by atoms with Gasteiger partial charge >= 0.3 is 0 Å². The highest BCUT2D eigenvalue weighted by Crippen LogP contribution is 1.99. The highest BCUT2D eigenvalue weighted by Gasteiger charge is 2.13. The Hall–Kier alpha value is -1.08. The first kappa shape index (κ1) is 13.9. The van der Waals surface area contributed by atoms with E-state index in [-0.39, 0.29) is 18.0 Å². The van der Waals surface area contributed by atoms with E-state index >= 15 is 0 Å². The van der Waals surface area contributed by atoms with E-state index in [9.17, 15) is 4.79 Å². The quantitative estimate of drug-likeness (QED) is 0.716. The predicted molar refractivity (Wildman–Crippen MR) is 60.2 cm³/mol. The van der Waals surface area contributed by atoms with Gasteiger partial charge in [0.1, 0.15) is 0 Å². The van der Waals surface area contributed by atoms with Crippen LogP contribution in [0, 0.1) is 11.3 Å².